The third-order valence-electron chi connectivity index (χ3n) is 2.52. The third-order valence-corrected chi connectivity index (χ3v) is 2.52. The fraction of sp³-hybridized carbons (Fsp3) is 0. The lowest BCUT2D eigenvalue weighted by molar-refractivity contribution is 1.32. The van der Waals surface area contributed by atoms with Gasteiger partial charge < -0.3 is 0 Å². The highest BCUT2D eigenvalue weighted by Gasteiger charge is 2.03. The Labute approximate surface area is 90.9 Å². The molecule has 0 aliphatic heterocycles. The average molecular weight is 209 g/mol. The molecule has 0 amide bonds. The van der Waals surface area contributed by atoms with Gasteiger partial charge in [0.15, 0.2) is 5.82 Å². The van der Waals surface area contributed by atoms with E-state index >= 15 is 0 Å². The molecule has 0 saturated carbocycles. The van der Waals surface area contributed by atoms with Crippen molar-refractivity contribution in [2.75, 3.05) is 0 Å². The Hall–Kier alpha value is -2.36. The van der Waals surface area contributed by atoms with Gasteiger partial charge in [0.2, 0.25) is 0 Å². The highest BCUT2D eigenvalue weighted by atomic mass is 16.3. The maximum Gasteiger partial charge on any atom is 0.197 e. The second-order valence-corrected chi connectivity index (χ2v) is 3.47. The number of hydrogen-bond donors (Lipinski definition) is 0. The zero-order valence-corrected chi connectivity index (χ0v) is 8.29. The quantitative estimate of drug-likeness (QED) is 0.456. The van der Waals surface area contributed by atoms with Crippen LogP contribution in [0.3, 0.4) is 0 Å². The monoisotopic (exact) mass is 209 g/mol. The van der Waals surface area contributed by atoms with Crippen molar-refractivity contribution in [3.63, 3.8) is 0 Å². The maximum absolute atomic E-state index is 10.5. The van der Waals surface area contributed by atoms with Crippen LogP contribution in [0.1, 0.15) is 0 Å². The zero-order valence-electron chi connectivity index (χ0n) is 8.29. The molecule has 0 unspecified atom stereocenters. The van der Waals surface area contributed by atoms with Gasteiger partial charge in [0.1, 0.15) is 0 Å². The minimum Gasteiger partial charge on any atom is -0.256 e. The van der Waals surface area contributed by atoms with Crippen LogP contribution in [0, 0.1) is 4.91 Å². The van der Waals surface area contributed by atoms with Crippen LogP contribution in [-0.2, 0) is 0 Å². The van der Waals surface area contributed by atoms with E-state index in [-0.39, 0.29) is 5.82 Å². The topological polar surface area (TPSA) is 55.2 Å². The van der Waals surface area contributed by atoms with E-state index in [4.69, 9.17) is 0 Å². The molecule has 76 valence electrons. The number of hydrogen-bond acceptors (Lipinski definition) is 4. The summed E-state index contributed by atoms with van der Waals surface area (Å²) < 4.78 is 0. The first-order valence-electron chi connectivity index (χ1n) is 4.86. The van der Waals surface area contributed by atoms with Crippen molar-refractivity contribution in [3.05, 3.63) is 47.5 Å². The van der Waals surface area contributed by atoms with Gasteiger partial charge in [-0.3, -0.25) is 4.98 Å². The van der Waals surface area contributed by atoms with Crippen molar-refractivity contribution in [2.24, 2.45) is 5.18 Å². The summed E-state index contributed by atoms with van der Waals surface area (Å²) in [6, 6.07) is 11.1. The van der Waals surface area contributed by atoms with E-state index in [0.29, 0.717) is 0 Å². The molecule has 4 heteroatoms. The van der Waals surface area contributed by atoms with E-state index in [9.17, 15) is 4.91 Å². The van der Waals surface area contributed by atoms with Crippen LogP contribution in [0.25, 0.3) is 21.8 Å². The molecule has 0 N–H and O–H groups in total. The van der Waals surface area contributed by atoms with Crippen LogP contribution in [0.4, 0.5) is 5.82 Å². The predicted molar refractivity (Wildman–Crippen MR) is 62.5 cm³/mol. The second-order valence-electron chi connectivity index (χ2n) is 3.47. The number of benzene rings is 1. The van der Waals surface area contributed by atoms with E-state index in [1.54, 1.807) is 12.3 Å². The van der Waals surface area contributed by atoms with Gasteiger partial charge in [-0.2, -0.15) is 0 Å². The Morgan fingerprint density at radius 3 is 2.81 bits per heavy atom. The predicted octanol–water partition coefficient (Wildman–Crippen LogP) is 3.18. The summed E-state index contributed by atoms with van der Waals surface area (Å²) in [5.74, 6) is 0.198. The summed E-state index contributed by atoms with van der Waals surface area (Å²) in [5, 5.41) is 4.76. The first-order valence-corrected chi connectivity index (χ1v) is 4.86. The molecule has 0 saturated heterocycles. The van der Waals surface area contributed by atoms with Gasteiger partial charge >= 0.3 is 0 Å². The molecule has 0 aliphatic rings. The lowest BCUT2D eigenvalue weighted by Crippen LogP contribution is -1.83. The summed E-state index contributed by atoms with van der Waals surface area (Å²) in [6.07, 6.45) is 1.73. The van der Waals surface area contributed by atoms with Gasteiger partial charge in [0, 0.05) is 17.0 Å². The number of aromatic nitrogens is 2. The number of pyridine rings is 2. The standard InChI is InChI=1S/C12H7N3O/c16-15-11-6-4-8-3-5-10-9(12(8)14-11)2-1-7-13-10/h1-7H. The molecular weight excluding hydrogens is 202 g/mol. The number of nitrogens with zero attached hydrogens (tertiary/aromatic N) is 3. The molecule has 0 radical (unpaired) electrons. The molecule has 16 heavy (non-hydrogen) atoms. The summed E-state index contributed by atoms with van der Waals surface area (Å²) in [6.45, 7) is 0. The fourth-order valence-electron chi connectivity index (χ4n) is 1.78. The summed E-state index contributed by atoms with van der Waals surface area (Å²) in [7, 11) is 0. The molecule has 0 aliphatic carbocycles. The van der Waals surface area contributed by atoms with Crippen molar-refractivity contribution < 1.29 is 0 Å². The number of nitroso groups, excluding NO2 is 1. The molecule has 2 aromatic heterocycles. The van der Waals surface area contributed by atoms with Crippen molar-refractivity contribution in [1.82, 2.24) is 9.97 Å². The molecule has 0 spiro atoms. The summed E-state index contributed by atoms with van der Waals surface area (Å²) >= 11 is 0. The van der Waals surface area contributed by atoms with Gasteiger partial charge in [-0.15, -0.1) is 4.91 Å². The number of fused-ring (bicyclic) bond motifs is 3. The van der Waals surface area contributed by atoms with E-state index in [2.05, 4.69) is 15.1 Å². The molecule has 3 aromatic rings. The molecular formula is C12H7N3O. The van der Waals surface area contributed by atoms with Crippen molar-refractivity contribution in [2.45, 2.75) is 0 Å². The Morgan fingerprint density at radius 2 is 1.94 bits per heavy atom. The lowest BCUT2D eigenvalue weighted by atomic mass is 10.1. The lowest BCUT2D eigenvalue weighted by Gasteiger charge is -2.01. The zero-order chi connectivity index (χ0) is 11.0. The van der Waals surface area contributed by atoms with E-state index in [1.807, 2.05) is 30.3 Å². The van der Waals surface area contributed by atoms with Crippen molar-refractivity contribution in [3.8, 4) is 0 Å². The van der Waals surface area contributed by atoms with Crippen molar-refractivity contribution in [1.29, 1.82) is 0 Å². The Bertz CT molecular complexity index is 694. The molecule has 2 heterocycles. The van der Waals surface area contributed by atoms with E-state index in [1.165, 1.54) is 0 Å². The largest absolute Gasteiger partial charge is 0.256 e. The van der Waals surface area contributed by atoms with Crippen LogP contribution in [0.5, 0.6) is 0 Å². The highest BCUT2D eigenvalue weighted by molar-refractivity contribution is 6.03. The Kier molecular flexibility index (Phi) is 1.86. The molecule has 0 atom stereocenters. The molecule has 4 nitrogen and oxygen atoms in total. The highest BCUT2D eigenvalue weighted by Crippen LogP contribution is 2.24. The van der Waals surface area contributed by atoms with E-state index in [0.717, 1.165) is 21.8 Å². The molecule has 1 aromatic carbocycles. The smallest absolute Gasteiger partial charge is 0.197 e. The van der Waals surface area contributed by atoms with Gasteiger partial charge in [-0.1, -0.05) is 6.07 Å². The minimum atomic E-state index is 0.198. The van der Waals surface area contributed by atoms with Crippen molar-refractivity contribution >= 4 is 27.6 Å². The molecule has 3 rings (SSSR count). The van der Waals surface area contributed by atoms with Crippen LogP contribution in [0.2, 0.25) is 0 Å². The average Bonchev–Trinajstić information content (AvgIpc) is 2.38. The van der Waals surface area contributed by atoms with Gasteiger partial charge in [-0.05, 0) is 35.5 Å². The first-order chi connectivity index (χ1) is 7.88. The van der Waals surface area contributed by atoms with Crippen LogP contribution >= 0.6 is 0 Å². The normalized spacial score (nSPS) is 10.8. The minimum absolute atomic E-state index is 0.198. The second kappa shape index (κ2) is 3.34. The summed E-state index contributed by atoms with van der Waals surface area (Å²) in [4.78, 5) is 18.9. The fourth-order valence-corrected chi connectivity index (χ4v) is 1.78. The van der Waals surface area contributed by atoms with Crippen LogP contribution in [-0.4, -0.2) is 9.97 Å². The Balaban J connectivity index is 2.52. The van der Waals surface area contributed by atoms with E-state index < -0.39 is 0 Å². The molecule has 0 bridgehead atoms. The first kappa shape index (κ1) is 8.91. The maximum atomic E-state index is 10.5. The third kappa shape index (κ3) is 1.24. The Morgan fingerprint density at radius 1 is 1.06 bits per heavy atom. The van der Waals surface area contributed by atoms with Gasteiger partial charge in [0.05, 0.1) is 11.0 Å². The SMILES string of the molecule is O=Nc1ccc2ccc3ncccc3c2n1. The summed E-state index contributed by atoms with van der Waals surface area (Å²) in [5.41, 5.74) is 1.63. The molecule has 0 fully saturated rings. The van der Waals surface area contributed by atoms with Crippen LogP contribution in [0.15, 0.2) is 47.8 Å². The van der Waals surface area contributed by atoms with Crippen LogP contribution < -0.4 is 0 Å². The van der Waals surface area contributed by atoms with Gasteiger partial charge in [0.25, 0.3) is 0 Å². The van der Waals surface area contributed by atoms with Gasteiger partial charge in [-0.25, -0.2) is 4.98 Å². The number of rotatable bonds is 1.